The fourth-order valence-electron chi connectivity index (χ4n) is 3.32. The second-order valence-corrected chi connectivity index (χ2v) is 7.28. The molecule has 0 aliphatic heterocycles. The van der Waals surface area contributed by atoms with Gasteiger partial charge in [0, 0.05) is 11.4 Å². The number of aryl methyl sites for hydroxylation is 2. The molecule has 1 aliphatic rings. The Morgan fingerprint density at radius 3 is 2.54 bits per heavy atom. The zero-order valence-electron chi connectivity index (χ0n) is 13.6. The number of thiophene rings is 1. The van der Waals surface area contributed by atoms with E-state index in [2.05, 4.69) is 27.6 Å². The molecule has 2 aromatic heterocycles. The summed E-state index contributed by atoms with van der Waals surface area (Å²) in [6.07, 6.45) is 1.73. The monoisotopic (exact) mass is 338 g/mol. The van der Waals surface area contributed by atoms with Crippen LogP contribution in [0.3, 0.4) is 0 Å². The Bertz CT molecular complexity index is 938. The molecule has 24 heavy (non-hydrogen) atoms. The van der Waals surface area contributed by atoms with Crippen molar-refractivity contribution in [3.63, 3.8) is 0 Å². The summed E-state index contributed by atoms with van der Waals surface area (Å²) in [4.78, 5) is 14.0. The van der Waals surface area contributed by atoms with Crippen molar-refractivity contribution in [2.75, 3.05) is 5.73 Å². The van der Waals surface area contributed by atoms with Crippen LogP contribution in [0.25, 0.3) is 10.2 Å². The van der Waals surface area contributed by atoms with Gasteiger partial charge in [0.15, 0.2) is 0 Å². The van der Waals surface area contributed by atoms with Crippen LogP contribution in [-0.4, -0.2) is 22.1 Å². The number of rotatable bonds is 2. The van der Waals surface area contributed by atoms with Gasteiger partial charge >= 0.3 is 0 Å². The van der Waals surface area contributed by atoms with E-state index in [4.69, 9.17) is 5.73 Å². The van der Waals surface area contributed by atoms with E-state index in [0.717, 1.165) is 34.3 Å². The summed E-state index contributed by atoms with van der Waals surface area (Å²) in [6, 6.07) is 8.44. The third-order valence-electron chi connectivity index (χ3n) is 4.73. The minimum Gasteiger partial charge on any atom is -0.397 e. The van der Waals surface area contributed by atoms with Crippen LogP contribution in [0.4, 0.5) is 5.69 Å². The first-order valence-electron chi connectivity index (χ1n) is 7.94. The molecule has 4 rings (SSSR count). The second kappa shape index (κ2) is 5.56. The lowest BCUT2D eigenvalue weighted by molar-refractivity contribution is 0.0943. The van der Waals surface area contributed by atoms with Gasteiger partial charge in [0.25, 0.3) is 5.91 Å². The van der Waals surface area contributed by atoms with Crippen LogP contribution in [-0.2, 0) is 12.8 Å². The van der Waals surface area contributed by atoms with E-state index >= 15 is 0 Å². The molecule has 0 radical (unpaired) electrons. The largest absolute Gasteiger partial charge is 0.397 e. The van der Waals surface area contributed by atoms with E-state index in [1.165, 1.54) is 22.5 Å². The van der Waals surface area contributed by atoms with E-state index in [-0.39, 0.29) is 11.9 Å². The van der Waals surface area contributed by atoms with E-state index < -0.39 is 0 Å². The number of nitrogen functional groups attached to an aromatic ring is 1. The smallest absolute Gasteiger partial charge is 0.263 e. The highest BCUT2D eigenvalue weighted by Gasteiger charge is 2.25. The summed E-state index contributed by atoms with van der Waals surface area (Å²) >= 11 is 1.31. The highest BCUT2D eigenvalue weighted by atomic mass is 32.1. The topological polar surface area (TPSA) is 80.9 Å². The number of hydrogen-bond donors (Lipinski definition) is 2. The number of hydrogen-bond acceptors (Lipinski definition) is 5. The molecule has 0 unspecified atom stereocenters. The molecule has 3 aromatic rings. The molecule has 0 saturated heterocycles. The molecule has 0 fully saturated rings. The summed E-state index contributed by atoms with van der Waals surface area (Å²) in [5.41, 5.74) is 11.2. The Balaban J connectivity index is 1.61. The average molecular weight is 338 g/mol. The number of fused-ring (bicyclic) bond motifs is 2. The molecule has 6 heteroatoms. The van der Waals surface area contributed by atoms with Crippen molar-refractivity contribution in [3.8, 4) is 0 Å². The van der Waals surface area contributed by atoms with Crippen molar-refractivity contribution < 1.29 is 4.79 Å². The maximum atomic E-state index is 12.7. The summed E-state index contributed by atoms with van der Waals surface area (Å²) in [6.45, 7) is 3.86. The summed E-state index contributed by atoms with van der Waals surface area (Å²) < 4.78 is 0. The van der Waals surface area contributed by atoms with Crippen LogP contribution in [0, 0.1) is 13.8 Å². The number of nitrogens with zero attached hydrogens (tertiary/aromatic N) is 2. The standard InChI is InChI=1S/C18H18N4OS/c1-9-10(2)21-22-18-14(9)15(19)16(24-18)17(23)20-13-7-11-5-3-4-6-12(11)8-13/h3-6,13H,7-8,19H2,1-2H3,(H,20,23). The number of carbonyl (C=O) groups excluding carboxylic acids is 1. The van der Waals surface area contributed by atoms with Crippen LogP contribution in [0.1, 0.15) is 32.1 Å². The number of benzene rings is 1. The Morgan fingerprint density at radius 2 is 1.88 bits per heavy atom. The zero-order chi connectivity index (χ0) is 16.8. The van der Waals surface area contributed by atoms with Crippen LogP contribution >= 0.6 is 11.3 Å². The van der Waals surface area contributed by atoms with Crippen molar-refractivity contribution in [1.82, 2.24) is 15.5 Å². The molecule has 1 aromatic carbocycles. The minimum atomic E-state index is -0.120. The SMILES string of the molecule is Cc1nnc2sc(C(=O)NC3Cc4ccccc4C3)c(N)c2c1C. The number of nitrogens with two attached hydrogens (primary N) is 1. The molecule has 3 N–H and O–H groups in total. The second-order valence-electron chi connectivity index (χ2n) is 6.28. The van der Waals surface area contributed by atoms with Gasteiger partial charge in [0.1, 0.15) is 9.71 Å². The maximum Gasteiger partial charge on any atom is 0.263 e. The van der Waals surface area contributed by atoms with Crippen LogP contribution in [0.5, 0.6) is 0 Å². The molecule has 0 saturated carbocycles. The highest BCUT2D eigenvalue weighted by molar-refractivity contribution is 7.21. The van der Waals surface area contributed by atoms with Gasteiger partial charge in [-0.3, -0.25) is 4.79 Å². The van der Waals surface area contributed by atoms with E-state index in [1.807, 2.05) is 26.0 Å². The van der Waals surface area contributed by atoms with Crippen molar-refractivity contribution in [1.29, 1.82) is 0 Å². The van der Waals surface area contributed by atoms with Gasteiger partial charge in [-0.1, -0.05) is 24.3 Å². The van der Waals surface area contributed by atoms with Crippen molar-refractivity contribution in [2.24, 2.45) is 0 Å². The first kappa shape index (κ1) is 15.1. The molecule has 0 spiro atoms. The Kier molecular flexibility index (Phi) is 3.49. The van der Waals surface area contributed by atoms with Gasteiger partial charge < -0.3 is 11.1 Å². The van der Waals surface area contributed by atoms with Crippen LogP contribution < -0.4 is 11.1 Å². The normalized spacial score (nSPS) is 14.1. The lowest BCUT2D eigenvalue weighted by Gasteiger charge is -2.11. The molecule has 1 amide bonds. The summed E-state index contributed by atoms with van der Waals surface area (Å²) in [5.74, 6) is -0.120. The van der Waals surface area contributed by atoms with Crippen molar-refractivity contribution in [2.45, 2.75) is 32.7 Å². The zero-order valence-corrected chi connectivity index (χ0v) is 14.4. The molecule has 0 bridgehead atoms. The molecular weight excluding hydrogens is 320 g/mol. The molecule has 0 atom stereocenters. The van der Waals surface area contributed by atoms with Crippen molar-refractivity contribution >= 4 is 33.1 Å². The quantitative estimate of drug-likeness (QED) is 0.753. The lowest BCUT2D eigenvalue weighted by atomic mass is 10.1. The first-order valence-corrected chi connectivity index (χ1v) is 8.75. The Morgan fingerprint density at radius 1 is 1.21 bits per heavy atom. The average Bonchev–Trinajstić information content (AvgIpc) is 3.11. The fraction of sp³-hybridized carbons (Fsp3) is 0.278. The number of anilines is 1. The van der Waals surface area contributed by atoms with Gasteiger partial charge in [-0.15, -0.1) is 16.4 Å². The Hall–Kier alpha value is -2.47. The van der Waals surface area contributed by atoms with E-state index in [1.54, 1.807) is 0 Å². The van der Waals surface area contributed by atoms with Gasteiger partial charge in [0.2, 0.25) is 0 Å². The predicted octanol–water partition coefficient (Wildman–Crippen LogP) is 2.79. The van der Waals surface area contributed by atoms with Crippen molar-refractivity contribution in [3.05, 3.63) is 51.5 Å². The number of aromatic nitrogens is 2. The number of amides is 1. The fourth-order valence-corrected chi connectivity index (χ4v) is 4.32. The number of carbonyl (C=O) groups is 1. The molecule has 5 nitrogen and oxygen atoms in total. The molecular formula is C18H18N4OS. The molecule has 2 heterocycles. The predicted molar refractivity (Wildman–Crippen MR) is 96.4 cm³/mol. The Labute approximate surface area is 143 Å². The third kappa shape index (κ3) is 2.34. The lowest BCUT2D eigenvalue weighted by Crippen LogP contribution is -2.35. The van der Waals surface area contributed by atoms with E-state index in [9.17, 15) is 4.79 Å². The maximum absolute atomic E-state index is 12.7. The van der Waals surface area contributed by atoms with Crippen LogP contribution in [0.15, 0.2) is 24.3 Å². The van der Waals surface area contributed by atoms with Gasteiger partial charge in [-0.25, -0.2) is 0 Å². The van der Waals surface area contributed by atoms with Crippen LogP contribution in [0.2, 0.25) is 0 Å². The first-order chi connectivity index (χ1) is 11.5. The third-order valence-corrected chi connectivity index (χ3v) is 5.82. The van der Waals surface area contributed by atoms with Gasteiger partial charge in [-0.05, 0) is 43.4 Å². The van der Waals surface area contributed by atoms with Gasteiger partial charge in [0.05, 0.1) is 11.4 Å². The molecule has 122 valence electrons. The minimum absolute atomic E-state index is 0.119. The highest BCUT2D eigenvalue weighted by Crippen LogP contribution is 2.35. The summed E-state index contributed by atoms with van der Waals surface area (Å²) in [5, 5.41) is 12.3. The summed E-state index contributed by atoms with van der Waals surface area (Å²) in [7, 11) is 0. The number of nitrogens with one attached hydrogen (secondary N) is 1. The van der Waals surface area contributed by atoms with E-state index in [0.29, 0.717) is 10.6 Å². The van der Waals surface area contributed by atoms with Gasteiger partial charge in [-0.2, -0.15) is 5.10 Å². The molecule has 1 aliphatic carbocycles.